The number of benzene rings is 3. The van der Waals surface area contributed by atoms with E-state index in [2.05, 4.69) is 18.2 Å². The highest BCUT2D eigenvalue weighted by Crippen LogP contribution is 2.81. The topological polar surface area (TPSA) is 71.4 Å². The summed E-state index contributed by atoms with van der Waals surface area (Å²) in [5.74, 6) is 0. The minimum atomic E-state index is -1.08. The van der Waals surface area contributed by atoms with Crippen molar-refractivity contribution in [1.82, 2.24) is 0 Å². The lowest BCUT2D eigenvalue weighted by Gasteiger charge is -2.44. The lowest BCUT2D eigenvalue weighted by molar-refractivity contribution is 0.161. The van der Waals surface area contributed by atoms with Crippen molar-refractivity contribution in [2.24, 2.45) is 5.41 Å². The molecule has 3 aliphatic carbocycles. The van der Waals surface area contributed by atoms with Crippen LogP contribution in [0.3, 0.4) is 0 Å². The Bertz CT molecular complexity index is 1140. The average molecular weight is 369 g/mol. The quantitative estimate of drug-likeness (QED) is 0.587. The van der Waals surface area contributed by atoms with Crippen molar-refractivity contribution in [3.05, 3.63) is 106 Å². The van der Waals surface area contributed by atoms with E-state index < -0.39 is 21.7 Å². The molecule has 0 bridgehead atoms. The van der Waals surface area contributed by atoms with E-state index in [1.165, 1.54) is 0 Å². The first-order valence-electron chi connectivity index (χ1n) is 9.65. The van der Waals surface area contributed by atoms with E-state index in [0.29, 0.717) is 0 Å². The Hall–Kier alpha value is -3.87. The Morgan fingerprint density at radius 2 is 0.690 bits per heavy atom. The van der Waals surface area contributed by atoms with Gasteiger partial charge in [-0.05, 0) is 33.4 Å². The first-order chi connectivity index (χ1) is 14.1. The number of nitriles is 3. The molecule has 0 saturated carbocycles. The first kappa shape index (κ1) is 16.1. The van der Waals surface area contributed by atoms with Crippen molar-refractivity contribution in [3.8, 4) is 18.2 Å². The number of nitrogens with zero attached hydrogens (tertiary/aromatic N) is 3. The van der Waals surface area contributed by atoms with Gasteiger partial charge >= 0.3 is 0 Å². The zero-order chi connectivity index (χ0) is 20.1. The van der Waals surface area contributed by atoms with Crippen LogP contribution >= 0.6 is 0 Å². The second kappa shape index (κ2) is 4.57. The van der Waals surface area contributed by atoms with E-state index in [0.717, 1.165) is 33.4 Å². The molecular formula is C26H15N3. The molecule has 0 aliphatic heterocycles. The van der Waals surface area contributed by atoms with Crippen molar-refractivity contribution in [1.29, 1.82) is 15.8 Å². The van der Waals surface area contributed by atoms with Crippen LogP contribution < -0.4 is 0 Å². The van der Waals surface area contributed by atoms with Gasteiger partial charge in [0.15, 0.2) is 0 Å². The molecule has 0 unspecified atom stereocenters. The van der Waals surface area contributed by atoms with Crippen LogP contribution in [-0.2, 0) is 16.2 Å². The van der Waals surface area contributed by atoms with Crippen LogP contribution in [0.5, 0.6) is 0 Å². The highest BCUT2D eigenvalue weighted by atomic mass is 14.8. The fourth-order valence-electron chi connectivity index (χ4n) is 7.00. The van der Waals surface area contributed by atoms with Crippen LogP contribution in [0.4, 0.5) is 0 Å². The third-order valence-electron chi connectivity index (χ3n) is 7.96. The van der Waals surface area contributed by atoms with Gasteiger partial charge in [0.05, 0.1) is 18.2 Å². The van der Waals surface area contributed by atoms with Gasteiger partial charge < -0.3 is 0 Å². The van der Waals surface area contributed by atoms with Crippen molar-refractivity contribution >= 4 is 0 Å². The molecule has 6 rings (SSSR count). The Morgan fingerprint density at radius 3 is 0.862 bits per heavy atom. The molecule has 29 heavy (non-hydrogen) atoms. The third kappa shape index (κ3) is 1.16. The SMILES string of the molecule is CC12C3(C#N)c4ccccc4C1(C#N)c1ccccc1C2(C#N)c1ccccc13. The van der Waals surface area contributed by atoms with Crippen LogP contribution in [0.1, 0.15) is 40.3 Å². The molecule has 3 heteroatoms. The number of hydrogen-bond donors (Lipinski definition) is 0. The summed E-state index contributed by atoms with van der Waals surface area (Å²) in [6, 6.07) is 31.3. The smallest absolute Gasteiger partial charge is 0.117 e. The van der Waals surface area contributed by atoms with E-state index in [9.17, 15) is 15.8 Å². The molecule has 3 aromatic rings. The lowest BCUT2D eigenvalue weighted by atomic mass is 9.51. The summed E-state index contributed by atoms with van der Waals surface area (Å²) >= 11 is 0. The molecule has 0 radical (unpaired) electrons. The van der Waals surface area contributed by atoms with Crippen molar-refractivity contribution in [3.63, 3.8) is 0 Å². The fraction of sp³-hybridized carbons (Fsp3) is 0.192. The van der Waals surface area contributed by atoms with Gasteiger partial charge in [-0.1, -0.05) is 79.7 Å². The van der Waals surface area contributed by atoms with Crippen LogP contribution in [0.25, 0.3) is 0 Å². The van der Waals surface area contributed by atoms with Crippen molar-refractivity contribution in [2.45, 2.75) is 23.2 Å². The molecule has 3 nitrogen and oxygen atoms in total. The molecule has 0 fully saturated rings. The van der Waals surface area contributed by atoms with Crippen molar-refractivity contribution in [2.75, 3.05) is 0 Å². The number of rotatable bonds is 0. The highest BCUT2D eigenvalue weighted by molar-refractivity contribution is 5.83. The molecule has 3 aromatic carbocycles. The maximum Gasteiger partial charge on any atom is 0.117 e. The number of hydrogen-bond acceptors (Lipinski definition) is 3. The van der Waals surface area contributed by atoms with Crippen LogP contribution in [0.15, 0.2) is 72.8 Å². The zero-order valence-electron chi connectivity index (χ0n) is 15.8. The second-order valence-electron chi connectivity index (χ2n) is 8.35. The Kier molecular flexibility index (Phi) is 2.54. The maximum absolute atomic E-state index is 10.8. The molecule has 0 heterocycles. The average Bonchev–Trinajstić information content (AvgIpc) is 3.21. The van der Waals surface area contributed by atoms with E-state index >= 15 is 0 Å². The summed E-state index contributed by atoms with van der Waals surface area (Å²) in [6.07, 6.45) is 0. The minimum Gasteiger partial charge on any atom is -0.197 e. The van der Waals surface area contributed by atoms with Crippen LogP contribution in [0, 0.1) is 39.4 Å². The van der Waals surface area contributed by atoms with Crippen LogP contribution in [0.2, 0.25) is 0 Å². The molecule has 0 N–H and O–H groups in total. The minimum absolute atomic E-state index is 0.852. The van der Waals surface area contributed by atoms with E-state index in [4.69, 9.17) is 0 Å². The zero-order valence-corrected chi connectivity index (χ0v) is 15.8. The number of fused-ring (bicyclic) bond motifs is 9. The summed E-state index contributed by atoms with van der Waals surface area (Å²) in [4.78, 5) is 0. The van der Waals surface area contributed by atoms with Crippen LogP contribution in [-0.4, -0.2) is 0 Å². The summed E-state index contributed by atoms with van der Waals surface area (Å²) in [5.41, 5.74) is 0.895. The summed E-state index contributed by atoms with van der Waals surface area (Å²) < 4.78 is 0. The standard InChI is InChI=1S/C26H15N3/c1-23-24(14-27)17-8-2-3-9-18(17)25(23,15-28)21-12-6-7-13-22(21)26(23,16-29)20-11-5-4-10-19(20)24/h2-13H,1H3. The van der Waals surface area contributed by atoms with Gasteiger partial charge in [-0.3, -0.25) is 0 Å². The van der Waals surface area contributed by atoms with Gasteiger partial charge in [-0.2, -0.15) is 15.8 Å². The summed E-state index contributed by atoms with van der Waals surface area (Å²) in [5, 5.41) is 32.3. The highest BCUT2D eigenvalue weighted by Gasteiger charge is 2.85. The summed E-state index contributed by atoms with van der Waals surface area (Å²) in [7, 11) is 0. The third-order valence-corrected chi connectivity index (χ3v) is 7.96. The maximum atomic E-state index is 10.8. The van der Waals surface area contributed by atoms with E-state index in [-0.39, 0.29) is 0 Å². The Labute approximate surface area is 169 Å². The molecule has 0 atom stereocenters. The molecular weight excluding hydrogens is 354 g/mol. The second-order valence-corrected chi connectivity index (χ2v) is 8.35. The Morgan fingerprint density at radius 1 is 0.483 bits per heavy atom. The largest absolute Gasteiger partial charge is 0.197 e. The normalized spacial score (nSPS) is 34.1. The van der Waals surface area contributed by atoms with Gasteiger partial charge in [0.25, 0.3) is 0 Å². The predicted molar refractivity (Wildman–Crippen MR) is 107 cm³/mol. The van der Waals surface area contributed by atoms with Gasteiger partial charge in [0.1, 0.15) is 16.2 Å². The molecule has 0 amide bonds. The Balaban J connectivity index is 2.01. The molecule has 0 spiro atoms. The fourth-order valence-corrected chi connectivity index (χ4v) is 7.00. The molecule has 3 aliphatic rings. The van der Waals surface area contributed by atoms with Gasteiger partial charge in [-0.15, -0.1) is 0 Å². The lowest BCUT2D eigenvalue weighted by Crippen LogP contribution is -2.53. The predicted octanol–water partition coefficient (Wildman–Crippen LogP) is 4.46. The van der Waals surface area contributed by atoms with Gasteiger partial charge in [0.2, 0.25) is 0 Å². The molecule has 0 saturated heterocycles. The monoisotopic (exact) mass is 369 g/mol. The first-order valence-corrected chi connectivity index (χ1v) is 9.65. The summed E-state index contributed by atoms with van der Waals surface area (Å²) in [6.45, 7) is 1.99. The van der Waals surface area contributed by atoms with Gasteiger partial charge in [-0.25, -0.2) is 0 Å². The van der Waals surface area contributed by atoms with Gasteiger partial charge in [0, 0.05) is 5.41 Å². The van der Waals surface area contributed by atoms with E-state index in [1.54, 1.807) is 0 Å². The van der Waals surface area contributed by atoms with E-state index in [1.807, 2.05) is 79.7 Å². The molecule has 0 aromatic heterocycles. The molecule has 134 valence electrons. The van der Waals surface area contributed by atoms with Crippen molar-refractivity contribution < 1.29 is 0 Å².